The van der Waals surface area contributed by atoms with E-state index in [-0.39, 0.29) is 5.91 Å². The summed E-state index contributed by atoms with van der Waals surface area (Å²) in [4.78, 5) is 14.4. The first-order valence-corrected chi connectivity index (χ1v) is 6.43. The van der Waals surface area contributed by atoms with Gasteiger partial charge in [0.15, 0.2) is 0 Å². The molecule has 2 aromatic rings. The highest BCUT2D eigenvalue weighted by Gasteiger charge is 2.27. The van der Waals surface area contributed by atoms with Crippen LogP contribution in [-0.2, 0) is 6.42 Å². The first-order valence-electron chi connectivity index (χ1n) is 6.43. The molecular formula is C16H16N2O. The number of rotatable bonds is 1. The maximum absolute atomic E-state index is 12.6. The van der Waals surface area contributed by atoms with Gasteiger partial charge in [-0.3, -0.25) is 4.79 Å². The number of nitrogens with two attached hydrogens (primary N) is 1. The molecule has 0 saturated carbocycles. The lowest BCUT2D eigenvalue weighted by Crippen LogP contribution is -2.38. The first-order chi connectivity index (χ1) is 9.16. The Bertz CT molecular complexity index is 649. The number of aryl methyl sites for hydroxylation is 1. The van der Waals surface area contributed by atoms with Crippen molar-refractivity contribution < 1.29 is 4.79 Å². The van der Waals surface area contributed by atoms with E-state index in [9.17, 15) is 4.79 Å². The van der Waals surface area contributed by atoms with Crippen molar-refractivity contribution in [3.63, 3.8) is 0 Å². The second-order valence-corrected chi connectivity index (χ2v) is 4.93. The average Bonchev–Trinajstić information content (AvgIpc) is 2.39. The zero-order valence-corrected chi connectivity index (χ0v) is 10.9. The fourth-order valence-corrected chi connectivity index (χ4v) is 2.60. The highest BCUT2D eigenvalue weighted by molar-refractivity contribution is 6.11. The number of hydrogen-bond donors (Lipinski definition) is 1. The van der Waals surface area contributed by atoms with E-state index >= 15 is 0 Å². The number of nitrogen functional groups attached to an aromatic ring is 1. The van der Waals surface area contributed by atoms with Crippen LogP contribution in [-0.4, -0.2) is 12.5 Å². The highest BCUT2D eigenvalue weighted by atomic mass is 16.2. The molecule has 1 aliphatic rings. The molecule has 3 heteroatoms. The number of carbonyl (C=O) groups excluding carboxylic acids is 1. The SMILES string of the molecule is Cc1cccc(N2CCc3cccc(N)c3C2=O)c1. The minimum absolute atomic E-state index is 0.00458. The Morgan fingerprint density at radius 1 is 1.16 bits per heavy atom. The van der Waals surface area contributed by atoms with E-state index < -0.39 is 0 Å². The van der Waals surface area contributed by atoms with Crippen LogP contribution in [0.5, 0.6) is 0 Å². The molecule has 96 valence electrons. The second kappa shape index (κ2) is 4.43. The van der Waals surface area contributed by atoms with Gasteiger partial charge in [0.2, 0.25) is 0 Å². The zero-order valence-electron chi connectivity index (χ0n) is 10.9. The van der Waals surface area contributed by atoms with Crippen LogP contribution in [0.15, 0.2) is 42.5 Å². The Balaban J connectivity index is 2.04. The maximum Gasteiger partial charge on any atom is 0.260 e. The lowest BCUT2D eigenvalue weighted by molar-refractivity contribution is 0.0981. The molecule has 0 aliphatic carbocycles. The Morgan fingerprint density at radius 2 is 1.95 bits per heavy atom. The van der Waals surface area contributed by atoms with Crippen molar-refractivity contribution in [2.75, 3.05) is 17.2 Å². The Kier molecular flexibility index (Phi) is 2.75. The van der Waals surface area contributed by atoms with Crippen molar-refractivity contribution in [2.45, 2.75) is 13.3 Å². The van der Waals surface area contributed by atoms with Gasteiger partial charge in [0, 0.05) is 17.9 Å². The summed E-state index contributed by atoms with van der Waals surface area (Å²) in [6.45, 7) is 2.74. The van der Waals surface area contributed by atoms with Gasteiger partial charge in [-0.1, -0.05) is 24.3 Å². The van der Waals surface area contributed by atoms with E-state index in [1.165, 1.54) is 0 Å². The summed E-state index contributed by atoms with van der Waals surface area (Å²) in [7, 11) is 0. The minimum Gasteiger partial charge on any atom is -0.398 e. The largest absolute Gasteiger partial charge is 0.398 e. The molecule has 0 spiro atoms. The summed E-state index contributed by atoms with van der Waals surface area (Å²) in [6.07, 6.45) is 0.847. The Labute approximate surface area is 112 Å². The summed E-state index contributed by atoms with van der Waals surface area (Å²) in [5.74, 6) is 0.00458. The number of nitrogens with zero attached hydrogens (tertiary/aromatic N) is 1. The van der Waals surface area contributed by atoms with Crippen molar-refractivity contribution in [3.8, 4) is 0 Å². The normalized spacial score (nSPS) is 14.4. The number of anilines is 2. The zero-order chi connectivity index (χ0) is 13.4. The third-order valence-electron chi connectivity index (χ3n) is 3.56. The van der Waals surface area contributed by atoms with Gasteiger partial charge in [-0.05, 0) is 42.7 Å². The fraction of sp³-hybridized carbons (Fsp3) is 0.188. The van der Waals surface area contributed by atoms with Gasteiger partial charge in [-0.2, -0.15) is 0 Å². The smallest absolute Gasteiger partial charge is 0.260 e. The molecule has 0 atom stereocenters. The van der Waals surface area contributed by atoms with Crippen molar-refractivity contribution in [3.05, 3.63) is 59.2 Å². The van der Waals surface area contributed by atoms with Gasteiger partial charge in [-0.25, -0.2) is 0 Å². The van der Waals surface area contributed by atoms with Crippen molar-refractivity contribution in [2.24, 2.45) is 0 Å². The van der Waals surface area contributed by atoms with Crippen LogP contribution < -0.4 is 10.6 Å². The van der Waals surface area contributed by atoms with E-state index in [0.29, 0.717) is 17.8 Å². The van der Waals surface area contributed by atoms with Gasteiger partial charge < -0.3 is 10.6 Å². The standard InChI is InChI=1S/C16H16N2O/c1-11-4-2-6-13(10-11)18-9-8-12-5-3-7-14(17)15(12)16(18)19/h2-7,10H,8-9,17H2,1H3. The third-order valence-corrected chi connectivity index (χ3v) is 3.56. The van der Waals surface area contributed by atoms with E-state index in [1.54, 1.807) is 6.07 Å². The summed E-state index contributed by atoms with van der Waals surface area (Å²) >= 11 is 0. The molecule has 3 nitrogen and oxygen atoms in total. The van der Waals surface area contributed by atoms with Gasteiger partial charge in [-0.15, -0.1) is 0 Å². The quantitative estimate of drug-likeness (QED) is 0.793. The average molecular weight is 252 g/mol. The number of fused-ring (bicyclic) bond motifs is 1. The fourth-order valence-electron chi connectivity index (χ4n) is 2.60. The van der Waals surface area contributed by atoms with E-state index in [2.05, 4.69) is 0 Å². The Morgan fingerprint density at radius 3 is 2.74 bits per heavy atom. The van der Waals surface area contributed by atoms with Crippen molar-refractivity contribution >= 4 is 17.3 Å². The lowest BCUT2D eigenvalue weighted by atomic mass is 9.97. The number of amides is 1. The second-order valence-electron chi connectivity index (χ2n) is 4.93. The van der Waals surface area contributed by atoms with Crippen LogP contribution in [0.2, 0.25) is 0 Å². The van der Waals surface area contributed by atoms with Crippen molar-refractivity contribution in [1.82, 2.24) is 0 Å². The van der Waals surface area contributed by atoms with Gasteiger partial charge in [0.1, 0.15) is 0 Å². The van der Waals surface area contributed by atoms with Crippen LogP contribution in [0.3, 0.4) is 0 Å². The first kappa shape index (κ1) is 11.8. The molecule has 0 saturated heterocycles. The summed E-state index contributed by atoms with van der Waals surface area (Å²) < 4.78 is 0. The summed E-state index contributed by atoms with van der Waals surface area (Å²) in [6, 6.07) is 13.7. The topological polar surface area (TPSA) is 46.3 Å². The molecule has 2 aromatic carbocycles. The molecule has 1 heterocycles. The highest BCUT2D eigenvalue weighted by Crippen LogP contribution is 2.28. The molecule has 0 fully saturated rings. The number of benzene rings is 2. The minimum atomic E-state index is 0.00458. The molecule has 3 rings (SSSR count). The van der Waals surface area contributed by atoms with E-state index in [1.807, 2.05) is 48.2 Å². The summed E-state index contributed by atoms with van der Waals surface area (Å²) in [5, 5.41) is 0. The molecule has 0 bridgehead atoms. The summed E-state index contributed by atoms with van der Waals surface area (Å²) in [5.41, 5.74) is 10.3. The van der Waals surface area contributed by atoms with Crippen LogP contribution in [0.25, 0.3) is 0 Å². The number of hydrogen-bond acceptors (Lipinski definition) is 2. The van der Waals surface area contributed by atoms with Gasteiger partial charge >= 0.3 is 0 Å². The molecule has 1 aliphatic heterocycles. The van der Waals surface area contributed by atoms with Crippen molar-refractivity contribution in [1.29, 1.82) is 0 Å². The van der Waals surface area contributed by atoms with Gasteiger partial charge in [0.05, 0.1) is 5.56 Å². The molecule has 1 amide bonds. The number of carbonyl (C=O) groups is 1. The molecule has 2 N–H and O–H groups in total. The lowest BCUT2D eigenvalue weighted by Gasteiger charge is -2.29. The molecule has 0 unspecified atom stereocenters. The predicted molar refractivity (Wildman–Crippen MR) is 77.4 cm³/mol. The Hall–Kier alpha value is -2.29. The van der Waals surface area contributed by atoms with E-state index in [4.69, 9.17) is 5.73 Å². The predicted octanol–water partition coefficient (Wildman–Crippen LogP) is 2.78. The van der Waals surface area contributed by atoms with Crippen LogP contribution >= 0.6 is 0 Å². The molecular weight excluding hydrogens is 236 g/mol. The van der Waals surface area contributed by atoms with Crippen LogP contribution in [0.4, 0.5) is 11.4 Å². The molecule has 0 aromatic heterocycles. The van der Waals surface area contributed by atoms with E-state index in [0.717, 1.165) is 23.2 Å². The van der Waals surface area contributed by atoms with Crippen LogP contribution in [0.1, 0.15) is 21.5 Å². The molecule has 19 heavy (non-hydrogen) atoms. The third kappa shape index (κ3) is 1.97. The van der Waals surface area contributed by atoms with Crippen LogP contribution in [0, 0.1) is 6.92 Å². The van der Waals surface area contributed by atoms with Gasteiger partial charge in [0.25, 0.3) is 5.91 Å². The monoisotopic (exact) mass is 252 g/mol. The maximum atomic E-state index is 12.6. The molecule has 0 radical (unpaired) electrons.